The summed E-state index contributed by atoms with van der Waals surface area (Å²) in [4.78, 5) is 21.2. The molecule has 1 saturated heterocycles. The third kappa shape index (κ3) is 4.60. The van der Waals surface area contributed by atoms with Crippen LogP contribution in [0.5, 0.6) is 0 Å². The summed E-state index contributed by atoms with van der Waals surface area (Å²) in [5.74, 6) is -0.0387. The normalized spacial score (nSPS) is 14.5. The Morgan fingerprint density at radius 2 is 1.97 bits per heavy atom. The smallest absolute Gasteiger partial charge is 0.238 e. The summed E-state index contributed by atoms with van der Waals surface area (Å²) in [6.45, 7) is 6.23. The molecule has 1 aliphatic rings. The molecule has 0 bridgehead atoms. The van der Waals surface area contributed by atoms with Gasteiger partial charge in [0.2, 0.25) is 5.91 Å². The largest absolute Gasteiger partial charge is 0.378 e. The molecule has 8 nitrogen and oxygen atoms in total. The molecule has 1 amide bonds. The van der Waals surface area contributed by atoms with E-state index in [1.165, 1.54) is 0 Å². The predicted octanol–water partition coefficient (Wildman–Crippen LogP) is 2.18. The topological polar surface area (TPSA) is 75.5 Å². The zero-order valence-corrected chi connectivity index (χ0v) is 17.8. The molecule has 1 N–H and O–H groups in total. The quantitative estimate of drug-likeness (QED) is 0.674. The molecular weight excluding hydrogens is 380 g/mol. The van der Waals surface area contributed by atoms with E-state index in [4.69, 9.17) is 4.74 Å². The number of morpholine rings is 1. The SMILES string of the molecule is Cc1nn(C)c2ncc(CN(C)CC(=O)Nc3ccc(N4CCOCC4)cc3)cc12. The zero-order chi connectivity index (χ0) is 21.1. The number of nitrogens with one attached hydrogen (secondary N) is 1. The van der Waals surface area contributed by atoms with Crippen molar-refractivity contribution in [2.75, 3.05) is 50.1 Å². The second-order valence-electron chi connectivity index (χ2n) is 7.79. The van der Waals surface area contributed by atoms with Gasteiger partial charge < -0.3 is 15.0 Å². The molecule has 0 saturated carbocycles. The maximum Gasteiger partial charge on any atom is 0.238 e. The van der Waals surface area contributed by atoms with Crippen LogP contribution in [-0.4, -0.2) is 65.5 Å². The number of amides is 1. The monoisotopic (exact) mass is 408 g/mol. The van der Waals surface area contributed by atoms with Crippen molar-refractivity contribution in [1.82, 2.24) is 19.7 Å². The predicted molar refractivity (Wildman–Crippen MR) is 118 cm³/mol. The number of pyridine rings is 1. The van der Waals surface area contributed by atoms with E-state index in [9.17, 15) is 4.79 Å². The third-order valence-corrected chi connectivity index (χ3v) is 5.31. The van der Waals surface area contributed by atoms with E-state index in [1.54, 1.807) is 4.68 Å². The molecule has 30 heavy (non-hydrogen) atoms. The first-order valence-corrected chi connectivity index (χ1v) is 10.2. The molecule has 1 aliphatic heterocycles. The lowest BCUT2D eigenvalue weighted by atomic mass is 10.2. The number of nitrogens with zero attached hydrogens (tertiary/aromatic N) is 5. The van der Waals surface area contributed by atoms with Crippen molar-refractivity contribution in [1.29, 1.82) is 0 Å². The number of hydrogen-bond donors (Lipinski definition) is 1. The summed E-state index contributed by atoms with van der Waals surface area (Å²) < 4.78 is 7.18. The molecule has 0 spiro atoms. The first-order valence-electron chi connectivity index (χ1n) is 10.2. The fraction of sp³-hybridized carbons (Fsp3) is 0.409. The molecule has 4 rings (SSSR count). The Hall–Kier alpha value is -2.97. The molecule has 2 aromatic heterocycles. The number of fused-ring (bicyclic) bond motifs is 1. The Morgan fingerprint density at radius 1 is 1.23 bits per heavy atom. The van der Waals surface area contributed by atoms with Crippen molar-refractivity contribution < 1.29 is 9.53 Å². The number of benzene rings is 1. The van der Waals surface area contributed by atoms with Crippen LogP contribution in [0.3, 0.4) is 0 Å². The fourth-order valence-electron chi connectivity index (χ4n) is 3.83. The summed E-state index contributed by atoms with van der Waals surface area (Å²) in [6.07, 6.45) is 1.85. The minimum absolute atomic E-state index is 0.0387. The summed E-state index contributed by atoms with van der Waals surface area (Å²) in [5, 5.41) is 8.44. The van der Waals surface area contributed by atoms with Gasteiger partial charge in [0.15, 0.2) is 5.65 Å². The number of carbonyl (C=O) groups excluding carboxylic acids is 1. The van der Waals surface area contributed by atoms with E-state index >= 15 is 0 Å². The van der Waals surface area contributed by atoms with Gasteiger partial charge in [0.25, 0.3) is 0 Å². The van der Waals surface area contributed by atoms with Crippen LogP contribution in [0.2, 0.25) is 0 Å². The van der Waals surface area contributed by atoms with Gasteiger partial charge in [-0.05, 0) is 49.9 Å². The number of hydrogen-bond acceptors (Lipinski definition) is 6. The van der Waals surface area contributed by atoms with E-state index in [-0.39, 0.29) is 5.91 Å². The van der Waals surface area contributed by atoms with Gasteiger partial charge in [-0.15, -0.1) is 0 Å². The minimum Gasteiger partial charge on any atom is -0.378 e. The minimum atomic E-state index is -0.0387. The third-order valence-electron chi connectivity index (χ3n) is 5.31. The van der Waals surface area contributed by atoms with Gasteiger partial charge in [-0.3, -0.25) is 14.4 Å². The second kappa shape index (κ2) is 8.81. The van der Waals surface area contributed by atoms with Crippen LogP contribution in [0.4, 0.5) is 11.4 Å². The number of anilines is 2. The first-order chi connectivity index (χ1) is 14.5. The van der Waals surface area contributed by atoms with Crippen molar-refractivity contribution in [3.8, 4) is 0 Å². The van der Waals surface area contributed by atoms with E-state index in [0.29, 0.717) is 13.1 Å². The highest BCUT2D eigenvalue weighted by Gasteiger charge is 2.13. The average molecular weight is 409 g/mol. The summed E-state index contributed by atoms with van der Waals surface area (Å²) in [6, 6.07) is 10.1. The number of carbonyl (C=O) groups is 1. The first kappa shape index (κ1) is 20.3. The van der Waals surface area contributed by atoms with Crippen molar-refractivity contribution >= 4 is 28.3 Å². The Balaban J connectivity index is 1.31. The van der Waals surface area contributed by atoms with E-state index < -0.39 is 0 Å². The lowest BCUT2D eigenvalue weighted by Crippen LogP contribution is -2.36. The van der Waals surface area contributed by atoms with Gasteiger partial charge >= 0.3 is 0 Å². The van der Waals surface area contributed by atoms with Crippen LogP contribution < -0.4 is 10.2 Å². The van der Waals surface area contributed by atoms with Gasteiger partial charge in [0.05, 0.1) is 25.5 Å². The van der Waals surface area contributed by atoms with Crippen LogP contribution in [0.1, 0.15) is 11.3 Å². The summed E-state index contributed by atoms with van der Waals surface area (Å²) in [5.41, 5.74) is 4.85. The van der Waals surface area contributed by atoms with Crippen molar-refractivity contribution in [3.63, 3.8) is 0 Å². The fourth-order valence-corrected chi connectivity index (χ4v) is 3.83. The molecule has 158 valence electrons. The van der Waals surface area contributed by atoms with E-state index in [1.807, 2.05) is 56.4 Å². The van der Waals surface area contributed by atoms with Crippen LogP contribution in [0, 0.1) is 6.92 Å². The number of aryl methyl sites for hydroxylation is 2. The van der Waals surface area contributed by atoms with Crippen LogP contribution in [0.15, 0.2) is 36.5 Å². The Labute approximate surface area is 176 Å². The highest BCUT2D eigenvalue weighted by molar-refractivity contribution is 5.92. The molecule has 8 heteroatoms. The maximum absolute atomic E-state index is 12.5. The molecule has 0 unspecified atom stereocenters. The van der Waals surface area contributed by atoms with Gasteiger partial charge in [0, 0.05) is 49.6 Å². The van der Waals surface area contributed by atoms with Crippen LogP contribution >= 0.6 is 0 Å². The van der Waals surface area contributed by atoms with Crippen molar-refractivity contribution in [2.45, 2.75) is 13.5 Å². The number of ether oxygens (including phenoxy) is 1. The zero-order valence-electron chi connectivity index (χ0n) is 17.8. The van der Waals surface area contributed by atoms with E-state index in [2.05, 4.69) is 26.4 Å². The van der Waals surface area contributed by atoms with Crippen LogP contribution in [0.25, 0.3) is 11.0 Å². The average Bonchev–Trinajstić information content (AvgIpc) is 3.02. The van der Waals surface area contributed by atoms with E-state index in [0.717, 1.165) is 60.0 Å². The standard InChI is InChI=1S/C22H28N6O2/c1-16-20-12-17(13-23-22(20)27(3)25-16)14-26(2)15-21(29)24-18-4-6-19(7-5-18)28-8-10-30-11-9-28/h4-7,12-13H,8-11,14-15H2,1-3H3,(H,24,29). The van der Waals surface area contributed by atoms with Gasteiger partial charge in [-0.1, -0.05) is 0 Å². The van der Waals surface area contributed by atoms with Gasteiger partial charge in [-0.25, -0.2) is 4.98 Å². The van der Waals surface area contributed by atoms with Crippen molar-refractivity contribution in [2.24, 2.45) is 7.05 Å². The summed E-state index contributed by atoms with van der Waals surface area (Å²) in [7, 11) is 3.83. The van der Waals surface area contributed by atoms with Crippen LogP contribution in [-0.2, 0) is 23.1 Å². The van der Waals surface area contributed by atoms with Gasteiger partial charge in [-0.2, -0.15) is 5.10 Å². The van der Waals surface area contributed by atoms with Crippen molar-refractivity contribution in [3.05, 3.63) is 47.8 Å². The number of likely N-dealkylation sites (N-methyl/N-ethyl adjacent to an activating group) is 1. The number of rotatable bonds is 6. The Morgan fingerprint density at radius 3 is 2.70 bits per heavy atom. The molecule has 3 aromatic rings. The Bertz CT molecular complexity index is 1020. The molecule has 1 fully saturated rings. The highest BCUT2D eigenvalue weighted by atomic mass is 16.5. The molecule has 0 radical (unpaired) electrons. The van der Waals surface area contributed by atoms with Gasteiger partial charge in [0.1, 0.15) is 0 Å². The number of aromatic nitrogens is 3. The Kier molecular flexibility index (Phi) is 5.96. The maximum atomic E-state index is 12.5. The summed E-state index contributed by atoms with van der Waals surface area (Å²) >= 11 is 0. The lowest BCUT2D eigenvalue weighted by Gasteiger charge is -2.28. The lowest BCUT2D eigenvalue weighted by molar-refractivity contribution is -0.117. The molecule has 0 atom stereocenters. The second-order valence-corrected chi connectivity index (χ2v) is 7.79. The molecule has 3 heterocycles. The molecule has 1 aromatic carbocycles. The molecule has 0 aliphatic carbocycles. The highest BCUT2D eigenvalue weighted by Crippen LogP contribution is 2.19. The molecular formula is C22H28N6O2.